The second kappa shape index (κ2) is 6.16. The highest BCUT2D eigenvalue weighted by Gasteiger charge is 2.19. The molecule has 0 radical (unpaired) electrons. The fraction of sp³-hybridized carbons (Fsp3) is 0.167. The Morgan fingerprint density at radius 2 is 2.00 bits per heavy atom. The van der Waals surface area contributed by atoms with Gasteiger partial charge in [-0.3, -0.25) is 4.79 Å². The number of esters is 1. The summed E-state index contributed by atoms with van der Waals surface area (Å²) in [7, 11) is 0. The number of para-hydroxylation sites is 1. The second-order valence-electron chi connectivity index (χ2n) is 5.54. The predicted octanol–water partition coefficient (Wildman–Crippen LogP) is 2.86. The summed E-state index contributed by atoms with van der Waals surface area (Å²) in [5.74, 6) is -0.582. The lowest BCUT2D eigenvalue weighted by molar-refractivity contribution is 0.0317. The van der Waals surface area contributed by atoms with Gasteiger partial charge in [-0.2, -0.15) is 0 Å². The van der Waals surface area contributed by atoms with Crippen molar-refractivity contribution in [2.45, 2.75) is 20.0 Å². The zero-order chi connectivity index (χ0) is 17.3. The van der Waals surface area contributed by atoms with Crippen molar-refractivity contribution in [2.75, 3.05) is 0 Å². The molecule has 0 bridgehead atoms. The number of hydrogen-bond acceptors (Lipinski definition) is 5. The molecule has 0 aliphatic carbocycles. The van der Waals surface area contributed by atoms with Crippen molar-refractivity contribution < 1.29 is 14.6 Å². The number of ether oxygens (including phenoxy) is 1. The van der Waals surface area contributed by atoms with Crippen LogP contribution in [0.2, 0.25) is 0 Å². The van der Waals surface area contributed by atoms with Crippen LogP contribution in [0.15, 0.2) is 47.3 Å². The molecule has 0 unspecified atom stereocenters. The van der Waals surface area contributed by atoms with Gasteiger partial charge in [0, 0.05) is 0 Å². The van der Waals surface area contributed by atoms with Crippen molar-refractivity contribution in [1.82, 2.24) is 9.97 Å². The minimum Gasteiger partial charge on any atom is -0.507 e. The Morgan fingerprint density at radius 3 is 2.75 bits per heavy atom. The van der Waals surface area contributed by atoms with E-state index in [1.807, 2.05) is 0 Å². The average Bonchev–Trinajstić information content (AvgIpc) is 2.54. The Hall–Kier alpha value is -3.15. The first-order valence-corrected chi connectivity index (χ1v) is 7.45. The van der Waals surface area contributed by atoms with Crippen molar-refractivity contribution in [3.8, 4) is 5.75 Å². The van der Waals surface area contributed by atoms with Crippen LogP contribution in [0.3, 0.4) is 0 Å². The van der Waals surface area contributed by atoms with Crippen molar-refractivity contribution in [1.29, 1.82) is 0 Å². The summed E-state index contributed by atoms with van der Waals surface area (Å²) in [6, 6.07) is 11.6. The van der Waals surface area contributed by atoms with Crippen molar-refractivity contribution in [2.24, 2.45) is 0 Å². The highest BCUT2D eigenvalue weighted by molar-refractivity contribution is 5.92. The molecule has 0 aliphatic heterocycles. The Labute approximate surface area is 137 Å². The molecule has 0 saturated carbocycles. The molecule has 3 rings (SSSR count). The topological polar surface area (TPSA) is 92.3 Å². The van der Waals surface area contributed by atoms with Gasteiger partial charge in [0.1, 0.15) is 11.3 Å². The molecule has 24 heavy (non-hydrogen) atoms. The van der Waals surface area contributed by atoms with Gasteiger partial charge >= 0.3 is 5.97 Å². The van der Waals surface area contributed by atoms with E-state index >= 15 is 0 Å². The Bertz CT molecular complexity index is 978. The number of rotatable bonds is 3. The number of fused-ring (bicyclic) bond motifs is 1. The number of benzene rings is 2. The standard InChI is InChI=1S/C18H16N2O4/c1-10-7-8-13(15(21)9-10)18(23)24-11(2)16-19-14-6-4-3-5-12(14)17(22)20-16/h3-9,11,21H,1-2H3,(H,19,20,22)/t11-/m1/s1. The molecule has 6 heteroatoms. The highest BCUT2D eigenvalue weighted by atomic mass is 16.5. The van der Waals surface area contributed by atoms with E-state index in [-0.39, 0.29) is 22.7 Å². The summed E-state index contributed by atoms with van der Waals surface area (Å²) >= 11 is 0. The number of aromatic nitrogens is 2. The quantitative estimate of drug-likeness (QED) is 0.723. The molecule has 1 heterocycles. The fourth-order valence-electron chi connectivity index (χ4n) is 2.39. The van der Waals surface area contributed by atoms with E-state index in [9.17, 15) is 14.7 Å². The number of nitrogens with one attached hydrogen (secondary N) is 1. The van der Waals surface area contributed by atoms with Crippen LogP contribution in [0.4, 0.5) is 0 Å². The number of nitrogens with zero attached hydrogens (tertiary/aromatic N) is 1. The van der Waals surface area contributed by atoms with E-state index in [2.05, 4.69) is 9.97 Å². The number of carbonyl (C=O) groups is 1. The van der Waals surface area contributed by atoms with E-state index in [1.165, 1.54) is 12.1 Å². The van der Waals surface area contributed by atoms with E-state index in [1.54, 1.807) is 44.2 Å². The normalized spacial score (nSPS) is 12.1. The Balaban J connectivity index is 1.88. The minimum absolute atomic E-state index is 0.0654. The maximum Gasteiger partial charge on any atom is 0.342 e. The number of aryl methyl sites for hydroxylation is 1. The highest BCUT2D eigenvalue weighted by Crippen LogP contribution is 2.22. The molecule has 0 fully saturated rings. The van der Waals surface area contributed by atoms with E-state index < -0.39 is 12.1 Å². The van der Waals surface area contributed by atoms with Crippen molar-refractivity contribution in [3.05, 3.63) is 69.8 Å². The van der Waals surface area contributed by atoms with Crippen LogP contribution in [0.5, 0.6) is 5.75 Å². The van der Waals surface area contributed by atoms with Crippen LogP contribution in [-0.2, 0) is 4.74 Å². The summed E-state index contributed by atoms with van der Waals surface area (Å²) in [6.07, 6.45) is -0.768. The molecule has 0 spiro atoms. The lowest BCUT2D eigenvalue weighted by atomic mass is 10.1. The monoisotopic (exact) mass is 324 g/mol. The second-order valence-corrected chi connectivity index (χ2v) is 5.54. The van der Waals surface area contributed by atoms with Gasteiger partial charge in [-0.05, 0) is 43.7 Å². The molecular formula is C18H16N2O4. The molecule has 1 aromatic heterocycles. The van der Waals surface area contributed by atoms with Crippen LogP contribution < -0.4 is 5.56 Å². The molecule has 2 aromatic carbocycles. The Morgan fingerprint density at radius 1 is 1.25 bits per heavy atom. The molecule has 0 aliphatic rings. The number of aromatic amines is 1. The van der Waals surface area contributed by atoms with E-state index in [4.69, 9.17) is 4.74 Å². The summed E-state index contributed by atoms with van der Waals surface area (Å²) in [4.78, 5) is 31.2. The maximum atomic E-state index is 12.2. The molecule has 6 nitrogen and oxygen atoms in total. The van der Waals surface area contributed by atoms with Gasteiger partial charge < -0.3 is 14.8 Å². The lowest BCUT2D eigenvalue weighted by Crippen LogP contribution is -2.17. The van der Waals surface area contributed by atoms with Gasteiger partial charge in [-0.1, -0.05) is 18.2 Å². The number of H-pyrrole nitrogens is 1. The molecule has 0 saturated heterocycles. The number of phenols is 1. The van der Waals surface area contributed by atoms with Crippen molar-refractivity contribution >= 4 is 16.9 Å². The van der Waals surface area contributed by atoms with Gasteiger partial charge in [-0.25, -0.2) is 9.78 Å². The third kappa shape index (κ3) is 2.99. The fourth-order valence-corrected chi connectivity index (χ4v) is 2.39. The van der Waals surface area contributed by atoms with Gasteiger partial charge in [-0.15, -0.1) is 0 Å². The van der Waals surface area contributed by atoms with Crippen LogP contribution in [-0.4, -0.2) is 21.0 Å². The number of aromatic hydroxyl groups is 1. The van der Waals surface area contributed by atoms with Gasteiger partial charge in [0.05, 0.1) is 10.9 Å². The van der Waals surface area contributed by atoms with Crippen LogP contribution in [0, 0.1) is 6.92 Å². The largest absolute Gasteiger partial charge is 0.507 e. The smallest absolute Gasteiger partial charge is 0.342 e. The summed E-state index contributed by atoms with van der Waals surface area (Å²) in [6.45, 7) is 3.41. The third-order valence-corrected chi connectivity index (χ3v) is 3.67. The van der Waals surface area contributed by atoms with Crippen LogP contribution in [0.1, 0.15) is 34.8 Å². The Kier molecular flexibility index (Phi) is 4.04. The first-order valence-electron chi connectivity index (χ1n) is 7.45. The summed E-state index contributed by atoms with van der Waals surface area (Å²) in [5.41, 5.74) is 1.13. The molecule has 2 N–H and O–H groups in total. The van der Waals surface area contributed by atoms with Gasteiger partial charge in [0.2, 0.25) is 0 Å². The molecule has 122 valence electrons. The SMILES string of the molecule is Cc1ccc(C(=O)O[C@H](C)c2nc3ccccc3c(=O)[nH]2)c(O)c1. The summed E-state index contributed by atoms with van der Waals surface area (Å²) < 4.78 is 5.32. The minimum atomic E-state index is -0.768. The number of phenolic OH excluding ortho intramolecular Hbond substituents is 1. The van der Waals surface area contributed by atoms with Crippen LogP contribution >= 0.6 is 0 Å². The molecule has 1 atom stereocenters. The average molecular weight is 324 g/mol. The molecule has 0 amide bonds. The molecular weight excluding hydrogens is 308 g/mol. The zero-order valence-electron chi connectivity index (χ0n) is 13.2. The predicted molar refractivity (Wildman–Crippen MR) is 89.0 cm³/mol. The maximum absolute atomic E-state index is 12.2. The van der Waals surface area contributed by atoms with E-state index in [0.717, 1.165) is 5.56 Å². The first kappa shape index (κ1) is 15.7. The zero-order valence-corrected chi connectivity index (χ0v) is 13.2. The lowest BCUT2D eigenvalue weighted by Gasteiger charge is -2.13. The number of carbonyl (C=O) groups excluding carboxylic acids is 1. The van der Waals surface area contributed by atoms with Crippen LogP contribution in [0.25, 0.3) is 10.9 Å². The number of hydrogen-bond donors (Lipinski definition) is 2. The first-order chi connectivity index (χ1) is 11.5. The van der Waals surface area contributed by atoms with Gasteiger partial charge in [0.15, 0.2) is 11.9 Å². The van der Waals surface area contributed by atoms with Gasteiger partial charge in [0.25, 0.3) is 5.56 Å². The van der Waals surface area contributed by atoms with E-state index in [0.29, 0.717) is 10.9 Å². The van der Waals surface area contributed by atoms with Crippen molar-refractivity contribution in [3.63, 3.8) is 0 Å². The third-order valence-electron chi connectivity index (χ3n) is 3.67. The molecule has 3 aromatic rings. The summed E-state index contributed by atoms with van der Waals surface area (Å²) in [5, 5.41) is 10.3.